The maximum atomic E-state index is 13.0. The molecule has 0 amide bonds. The van der Waals surface area contributed by atoms with Crippen molar-refractivity contribution >= 4 is 24.4 Å². The maximum absolute atomic E-state index is 13.0. The van der Waals surface area contributed by atoms with E-state index < -0.39 is 17.9 Å². The van der Waals surface area contributed by atoms with Gasteiger partial charge in [0.2, 0.25) is 0 Å². The average molecular weight is 272 g/mol. The van der Waals surface area contributed by atoms with Gasteiger partial charge in [0, 0.05) is 9.48 Å². The van der Waals surface area contributed by atoms with Gasteiger partial charge in [-0.1, -0.05) is 0 Å². The van der Waals surface area contributed by atoms with Crippen molar-refractivity contribution in [1.82, 2.24) is 0 Å². The van der Waals surface area contributed by atoms with Crippen molar-refractivity contribution in [3.05, 3.63) is 24.0 Å². The number of rotatable bonds is 3. The lowest BCUT2D eigenvalue weighted by Crippen LogP contribution is -2.18. The number of thiol groups is 1. The predicted molar refractivity (Wildman–Crippen MR) is 57.4 cm³/mol. The van der Waals surface area contributed by atoms with Gasteiger partial charge < -0.3 is 4.74 Å². The highest BCUT2D eigenvalue weighted by atomic mass is 32.2. The molecule has 1 nitrogen and oxygen atoms in total. The Morgan fingerprint density at radius 3 is 2.50 bits per heavy atom. The Bertz CT molecular complexity index is 365. The lowest BCUT2D eigenvalue weighted by atomic mass is 10.3. The average Bonchev–Trinajstić information content (AvgIpc) is 2.07. The van der Waals surface area contributed by atoms with Crippen molar-refractivity contribution in [1.29, 1.82) is 0 Å². The Labute approximate surface area is 99.6 Å². The third kappa shape index (κ3) is 4.52. The first-order valence-corrected chi connectivity index (χ1v) is 5.57. The van der Waals surface area contributed by atoms with Gasteiger partial charge >= 0.3 is 6.36 Å². The van der Waals surface area contributed by atoms with Crippen LogP contribution in [0, 0.1) is 5.82 Å². The molecule has 0 aromatic heterocycles. The van der Waals surface area contributed by atoms with Gasteiger partial charge in [0.05, 0.1) is 0 Å². The van der Waals surface area contributed by atoms with E-state index in [1.165, 1.54) is 17.8 Å². The maximum Gasteiger partial charge on any atom is 0.573 e. The normalized spacial score (nSPS) is 13.6. The van der Waals surface area contributed by atoms with Gasteiger partial charge in [-0.25, -0.2) is 4.39 Å². The summed E-state index contributed by atoms with van der Waals surface area (Å²) in [6.45, 7) is 1.75. The van der Waals surface area contributed by atoms with Gasteiger partial charge in [0.25, 0.3) is 0 Å². The molecule has 0 bridgehead atoms. The molecule has 90 valence electrons. The van der Waals surface area contributed by atoms with Gasteiger partial charge in [-0.3, -0.25) is 0 Å². The van der Waals surface area contributed by atoms with E-state index in [1.54, 1.807) is 6.92 Å². The molecule has 0 fully saturated rings. The van der Waals surface area contributed by atoms with Crippen LogP contribution in [-0.2, 0) is 0 Å². The number of ether oxygens (including phenoxy) is 1. The zero-order valence-electron chi connectivity index (χ0n) is 8.08. The third-order valence-corrected chi connectivity index (χ3v) is 2.62. The van der Waals surface area contributed by atoms with Crippen molar-refractivity contribution in [2.75, 3.05) is 0 Å². The van der Waals surface area contributed by atoms with Crippen LogP contribution in [0.4, 0.5) is 17.6 Å². The molecule has 0 N–H and O–H groups in total. The largest absolute Gasteiger partial charge is 0.573 e. The standard InChI is InChI=1S/C9H8F4OS2/c1-5(15)16-6-2-3-7(10)8(4-6)14-9(11,12)13/h2-5,15H,1H3. The first kappa shape index (κ1) is 13.5. The molecule has 1 aromatic carbocycles. The fourth-order valence-corrected chi connectivity index (χ4v) is 2.04. The second-order valence-electron chi connectivity index (χ2n) is 2.86. The number of thioether (sulfide) groups is 1. The molecule has 1 unspecified atom stereocenters. The van der Waals surface area contributed by atoms with Crippen LogP contribution in [-0.4, -0.2) is 10.9 Å². The van der Waals surface area contributed by atoms with Crippen LogP contribution in [0.25, 0.3) is 0 Å². The molecule has 1 atom stereocenters. The van der Waals surface area contributed by atoms with E-state index >= 15 is 0 Å². The summed E-state index contributed by atoms with van der Waals surface area (Å²) in [6, 6.07) is 3.30. The van der Waals surface area contributed by atoms with E-state index in [0.717, 1.165) is 12.1 Å². The quantitative estimate of drug-likeness (QED) is 0.384. The van der Waals surface area contributed by atoms with Crippen LogP contribution >= 0.6 is 24.4 Å². The summed E-state index contributed by atoms with van der Waals surface area (Å²) in [5.41, 5.74) is 0. The number of benzene rings is 1. The van der Waals surface area contributed by atoms with Gasteiger partial charge in [-0.15, -0.1) is 24.9 Å². The molecule has 0 aliphatic carbocycles. The Kier molecular flexibility index (Phi) is 4.37. The molecule has 1 aromatic rings. The SMILES string of the molecule is CC(S)Sc1ccc(F)c(OC(F)(F)F)c1. The van der Waals surface area contributed by atoms with Gasteiger partial charge in [0.15, 0.2) is 11.6 Å². The summed E-state index contributed by atoms with van der Waals surface area (Å²) in [5.74, 6) is -1.88. The van der Waals surface area contributed by atoms with E-state index in [0.29, 0.717) is 4.90 Å². The van der Waals surface area contributed by atoms with Crippen molar-refractivity contribution in [2.45, 2.75) is 22.8 Å². The summed E-state index contributed by atoms with van der Waals surface area (Å²) in [6.07, 6.45) is -4.89. The molecule has 0 saturated carbocycles. The second-order valence-corrected chi connectivity index (χ2v) is 5.40. The topological polar surface area (TPSA) is 9.23 Å². The molecule has 1 rings (SSSR count). The molecule has 0 heterocycles. The van der Waals surface area contributed by atoms with Crippen molar-refractivity contribution in [2.24, 2.45) is 0 Å². The first-order valence-electron chi connectivity index (χ1n) is 4.18. The number of hydrogen-bond donors (Lipinski definition) is 1. The molecule has 7 heteroatoms. The van der Waals surface area contributed by atoms with Crippen LogP contribution in [0.3, 0.4) is 0 Å². The van der Waals surface area contributed by atoms with Crippen LogP contribution in [0.15, 0.2) is 23.1 Å². The van der Waals surface area contributed by atoms with Crippen molar-refractivity contribution in [3.8, 4) is 5.75 Å². The minimum absolute atomic E-state index is 0.107. The molecule has 16 heavy (non-hydrogen) atoms. The van der Waals surface area contributed by atoms with Crippen LogP contribution < -0.4 is 4.74 Å². The lowest BCUT2D eigenvalue weighted by molar-refractivity contribution is -0.275. The summed E-state index contributed by atoms with van der Waals surface area (Å²) in [7, 11) is 0. The zero-order chi connectivity index (χ0) is 12.3. The van der Waals surface area contributed by atoms with Gasteiger partial charge in [0.1, 0.15) is 0 Å². The van der Waals surface area contributed by atoms with Crippen molar-refractivity contribution in [3.63, 3.8) is 0 Å². The molecule has 0 aliphatic heterocycles. The monoisotopic (exact) mass is 272 g/mol. The van der Waals surface area contributed by atoms with Gasteiger partial charge in [-0.2, -0.15) is 12.6 Å². The minimum atomic E-state index is -4.89. The molecule has 0 radical (unpaired) electrons. The fourth-order valence-electron chi connectivity index (χ4n) is 0.957. The van der Waals surface area contributed by atoms with Crippen LogP contribution in [0.5, 0.6) is 5.75 Å². The second kappa shape index (κ2) is 5.18. The molecule has 0 spiro atoms. The summed E-state index contributed by atoms with van der Waals surface area (Å²) in [5, 5.41) is 0. The Hall–Kier alpha value is -0.560. The number of alkyl halides is 3. The summed E-state index contributed by atoms with van der Waals surface area (Å²) in [4.78, 5) is 0.461. The highest BCUT2D eigenvalue weighted by molar-refractivity contribution is 8.10. The predicted octanol–water partition coefficient (Wildman–Crippen LogP) is 4.09. The smallest absolute Gasteiger partial charge is 0.403 e. The Morgan fingerprint density at radius 2 is 2.00 bits per heavy atom. The highest BCUT2D eigenvalue weighted by Gasteiger charge is 2.32. The zero-order valence-corrected chi connectivity index (χ0v) is 9.80. The molecular weight excluding hydrogens is 264 g/mol. The third-order valence-electron chi connectivity index (χ3n) is 1.43. The van der Waals surface area contributed by atoms with Crippen molar-refractivity contribution < 1.29 is 22.3 Å². The molecule has 0 aliphatic rings. The number of halogens is 4. The first-order chi connectivity index (χ1) is 7.28. The summed E-state index contributed by atoms with van der Waals surface area (Å²) < 4.78 is 52.1. The van der Waals surface area contributed by atoms with E-state index in [1.807, 2.05) is 0 Å². The van der Waals surface area contributed by atoms with Crippen LogP contribution in [0.1, 0.15) is 6.92 Å². The molecule has 0 saturated heterocycles. The van der Waals surface area contributed by atoms with E-state index in [-0.39, 0.29) is 4.58 Å². The lowest BCUT2D eigenvalue weighted by Gasteiger charge is -2.11. The minimum Gasteiger partial charge on any atom is -0.403 e. The van der Waals surface area contributed by atoms with E-state index in [4.69, 9.17) is 0 Å². The fraction of sp³-hybridized carbons (Fsp3) is 0.333. The van der Waals surface area contributed by atoms with E-state index in [9.17, 15) is 17.6 Å². The van der Waals surface area contributed by atoms with Crippen LogP contribution in [0.2, 0.25) is 0 Å². The van der Waals surface area contributed by atoms with Gasteiger partial charge in [-0.05, 0) is 25.1 Å². The Balaban J connectivity index is 2.90. The number of hydrogen-bond acceptors (Lipinski definition) is 3. The highest BCUT2D eigenvalue weighted by Crippen LogP contribution is 2.32. The van der Waals surface area contributed by atoms with E-state index in [2.05, 4.69) is 17.4 Å². The Morgan fingerprint density at radius 1 is 1.38 bits per heavy atom. The molecular formula is C9H8F4OS2. The summed E-state index contributed by atoms with van der Waals surface area (Å²) >= 11 is 5.26.